The summed E-state index contributed by atoms with van der Waals surface area (Å²) in [6.45, 7) is 12.6. The first-order chi connectivity index (χ1) is 17.0. The van der Waals surface area contributed by atoms with Crippen LogP contribution in [0.5, 0.6) is 0 Å². The molecule has 1 aromatic rings. The predicted octanol–water partition coefficient (Wildman–Crippen LogP) is 5.94. The minimum absolute atomic E-state index is 0.0180. The molecule has 0 spiro atoms. The summed E-state index contributed by atoms with van der Waals surface area (Å²) in [6, 6.07) is 2.90. The molecule has 2 unspecified atom stereocenters. The second-order valence-corrected chi connectivity index (χ2v) is 11.1. The van der Waals surface area contributed by atoms with Crippen molar-refractivity contribution in [1.82, 2.24) is 15.1 Å². The van der Waals surface area contributed by atoms with E-state index in [0.717, 1.165) is 54.0 Å². The molecule has 2 rings (SSSR count). The fraction of sp³-hybridized carbons (Fsp3) is 0.654. The van der Waals surface area contributed by atoms with E-state index in [-0.39, 0.29) is 34.8 Å². The molecule has 9 nitrogen and oxygen atoms in total. The topological polar surface area (TPSA) is 126 Å². The predicted molar refractivity (Wildman–Crippen MR) is 147 cm³/mol. The van der Waals surface area contributed by atoms with Crippen LogP contribution in [-0.2, 0) is 4.79 Å². The zero-order chi connectivity index (χ0) is 27.0. The van der Waals surface area contributed by atoms with E-state index >= 15 is 0 Å². The molecule has 0 radical (unpaired) electrons. The second kappa shape index (κ2) is 13.5. The third kappa shape index (κ3) is 7.88. The van der Waals surface area contributed by atoms with Gasteiger partial charge in [0, 0.05) is 54.5 Å². The van der Waals surface area contributed by atoms with Crippen molar-refractivity contribution in [3.63, 3.8) is 0 Å². The average Bonchev–Trinajstić information content (AvgIpc) is 3.53. The van der Waals surface area contributed by atoms with E-state index in [9.17, 15) is 14.9 Å². The van der Waals surface area contributed by atoms with Gasteiger partial charge in [0.05, 0.1) is 16.8 Å². The molecule has 1 aliphatic rings. The van der Waals surface area contributed by atoms with Crippen molar-refractivity contribution < 1.29 is 9.72 Å². The highest BCUT2D eigenvalue weighted by Crippen LogP contribution is 2.32. The Balaban J connectivity index is 2.09. The molecule has 36 heavy (non-hydrogen) atoms. The lowest BCUT2D eigenvalue weighted by atomic mass is 10.0. The quantitative estimate of drug-likeness (QED) is 0.129. The van der Waals surface area contributed by atoms with Crippen molar-refractivity contribution in [2.75, 3.05) is 13.6 Å². The molecular formula is C26H42N6O3S. The van der Waals surface area contributed by atoms with Gasteiger partial charge in [-0.05, 0) is 38.7 Å². The molecule has 1 amide bonds. The number of carbonyl (C=O) groups excluding carboxylic acids is 1. The van der Waals surface area contributed by atoms with Crippen LogP contribution in [0.15, 0.2) is 24.4 Å². The molecule has 0 bridgehead atoms. The minimum Gasteiger partial charge on any atom is -0.378 e. The summed E-state index contributed by atoms with van der Waals surface area (Å²) in [5, 5.41) is 31.1. The summed E-state index contributed by atoms with van der Waals surface area (Å²) in [4.78, 5) is 28.3. The maximum Gasteiger partial charge on any atom is 0.324 e. The summed E-state index contributed by atoms with van der Waals surface area (Å²) >= 11 is 1.11. The Morgan fingerprint density at radius 3 is 2.44 bits per heavy atom. The highest BCUT2D eigenvalue weighted by molar-refractivity contribution is 7.15. The summed E-state index contributed by atoms with van der Waals surface area (Å²) in [6.07, 6.45) is 5.90. The molecule has 0 aliphatic heterocycles. The smallest absolute Gasteiger partial charge is 0.324 e. The maximum atomic E-state index is 12.9. The summed E-state index contributed by atoms with van der Waals surface area (Å²) in [5.41, 5.74) is 0.891. The lowest BCUT2D eigenvalue weighted by Gasteiger charge is -2.36. The van der Waals surface area contributed by atoms with Gasteiger partial charge in [0.1, 0.15) is 5.84 Å². The number of hydrogen-bond acceptors (Lipinski definition) is 7. The van der Waals surface area contributed by atoms with E-state index in [2.05, 4.69) is 23.7 Å². The number of hydrogen-bond donors (Lipinski definition) is 3. The van der Waals surface area contributed by atoms with Crippen LogP contribution in [0.1, 0.15) is 83.6 Å². The van der Waals surface area contributed by atoms with Crippen LogP contribution in [0.25, 0.3) is 0 Å². The van der Waals surface area contributed by atoms with Crippen LogP contribution in [0.3, 0.4) is 0 Å². The Labute approximate surface area is 219 Å². The van der Waals surface area contributed by atoms with Crippen molar-refractivity contribution >= 4 is 33.9 Å². The minimum atomic E-state index is -0.394. The first-order valence-corrected chi connectivity index (χ1v) is 13.6. The Morgan fingerprint density at radius 2 is 1.94 bits per heavy atom. The second-order valence-electron chi connectivity index (χ2n) is 10.0. The molecule has 1 fully saturated rings. The van der Waals surface area contributed by atoms with Gasteiger partial charge < -0.3 is 15.1 Å². The zero-order valence-corrected chi connectivity index (χ0v) is 23.1. The van der Waals surface area contributed by atoms with Crippen molar-refractivity contribution in [3.05, 3.63) is 39.4 Å². The number of carbonyl (C=O) groups is 1. The Hall–Kier alpha value is -2.75. The number of nitrogens with zero attached hydrogens (tertiary/aromatic N) is 3. The zero-order valence-electron chi connectivity index (χ0n) is 22.3. The highest BCUT2D eigenvalue weighted by atomic mass is 32.1. The van der Waals surface area contributed by atoms with Gasteiger partial charge in [0.15, 0.2) is 0 Å². The van der Waals surface area contributed by atoms with Crippen molar-refractivity contribution in [2.45, 2.75) is 84.7 Å². The van der Waals surface area contributed by atoms with E-state index in [1.807, 2.05) is 20.9 Å². The molecule has 1 heterocycles. The molecule has 2 atom stereocenters. The van der Waals surface area contributed by atoms with Gasteiger partial charge in [-0.15, -0.1) is 0 Å². The van der Waals surface area contributed by atoms with Crippen molar-refractivity contribution in [1.29, 1.82) is 10.8 Å². The summed E-state index contributed by atoms with van der Waals surface area (Å²) in [7, 11) is 1.96. The SMILES string of the molecule is C=C(CC(CC)N(C(C)=N)C(=N)C(C)C)N(C)CCC(NC(=O)C1CCCC1)c1ccc([N+](=O)[O-])s1. The van der Waals surface area contributed by atoms with Crippen molar-refractivity contribution in [3.8, 4) is 0 Å². The Kier molecular flexibility index (Phi) is 11.1. The third-order valence-electron chi connectivity index (χ3n) is 6.95. The first kappa shape index (κ1) is 29.5. The molecular weight excluding hydrogens is 476 g/mol. The normalized spacial score (nSPS) is 15.4. The van der Waals surface area contributed by atoms with E-state index in [0.29, 0.717) is 31.1 Å². The molecule has 0 saturated heterocycles. The number of amidine groups is 2. The van der Waals surface area contributed by atoms with Gasteiger partial charge in [0.2, 0.25) is 5.91 Å². The van der Waals surface area contributed by atoms with Crippen LogP contribution < -0.4 is 5.32 Å². The maximum absolute atomic E-state index is 12.9. The van der Waals surface area contributed by atoms with E-state index < -0.39 is 4.92 Å². The molecule has 3 N–H and O–H groups in total. The van der Waals surface area contributed by atoms with Gasteiger partial charge >= 0.3 is 5.00 Å². The van der Waals surface area contributed by atoms with Gasteiger partial charge in [0.25, 0.3) is 0 Å². The molecule has 1 aliphatic carbocycles. The Bertz CT molecular complexity index is 953. The Morgan fingerprint density at radius 1 is 1.31 bits per heavy atom. The van der Waals surface area contributed by atoms with E-state index in [1.165, 1.54) is 6.07 Å². The molecule has 200 valence electrons. The first-order valence-electron chi connectivity index (χ1n) is 12.8. The van der Waals surface area contributed by atoms with Crippen LogP contribution >= 0.6 is 11.3 Å². The third-order valence-corrected chi connectivity index (χ3v) is 8.10. The fourth-order valence-corrected chi connectivity index (χ4v) is 5.55. The van der Waals surface area contributed by atoms with Crippen LogP contribution in [0.2, 0.25) is 0 Å². The van der Waals surface area contributed by atoms with Crippen LogP contribution in [0.4, 0.5) is 5.00 Å². The fourth-order valence-electron chi connectivity index (χ4n) is 4.65. The molecule has 1 aromatic heterocycles. The summed E-state index contributed by atoms with van der Waals surface area (Å²) < 4.78 is 0. The number of amides is 1. The number of rotatable bonds is 13. The monoisotopic (exact) mass is 518 g/mol. The lowest BCUT2D eigenvalue weighted by Crippen LogP contribution is -2.45. The standard InChI is InChI=1S/C26H42N6O3S/c1-7-21(31(19(5)27)25(28)17(2)3)16-18(4)30(6)15-14-22(23-12-13-24(36-23)32(34)35)29-26(33)20-10-8-9-11-20/h12-13,17,20-22,27-28H,4,7-11,14-16H2,1-3,5-6H3,(H,29,33). The van der Waals surface area contributed by atoms with Crippen LogP contribution in [0, 0.1) is 32.8 Å². The molecule has 1 saturated carbocycles. The molecule has 0 aromatic carbocycles. The van der Waals surface area contributed by atoms with Gasteiger partial charge in [-0.2, -0.15) is 0 Å². The van der Waals surface area contributed by atoms with E-state index in [1.54, 1.807) is 17.9 Å². The largest absolute Gasteiger partial charge is 0.378 e. The number of nitro groups is 1. The lowest BCUT2D eigenvalue weighted by molar-refractivity contribution is -0.380. The van der Waals surface area contributed by atoms with Crippen LogP contribution in [-0.4, -0.2) is 51.9 Å². The van der Waals surface area contributed by atoms with Gasteiger partial charge in [-0.1, -0.05) is 51.5 Å². The van der Waals surface area contributed by atoms with Gasteiger partial charge in [-0.25, -0.2) is 0 Å². The summed E-state index contributed by atoms with van der Waals surface area (Å²) in [5.74, 6) is 0.852. The van der Waals surface area contributed by atoms with Crippen molar-refractivity contribution in [2.24, 2.45) is 11.8 Å². The van der Waals surface area contributed by atoms with Gasteiger partial charge in [-0.3, -0.25) is 25.7 Å². The number of thiophene rings is 1. The van der Waals surface area contributed by atoms with E-state index in [4.69, 9.17) is 10.8 Å². The highest BCUT2D eigenvalue weighted by Gasteiger charge is 2.28. The average molecular weight is 519 g/mol. The number of nitrogens with one attached hydrogen (secondary N) is 3. The molecule has 10 heteroatoms.